The molecular weight excluding hydrogens is 198 g/mol. The smallest absolute Gasteiger partial charge is 0.271 e. The maximum Gasteiger partial charge on any atom is 0.271 e. The Labute approximate surface area is 87.4 Å². The Bertz CT molecular complexity index is 391. The normalized spacial score (nSPS) is 23.7. The predicted octanol–water partition coefficient (Wildman–Crippen LogP) is 3.61. The van der Waals surface area contributed by atoms with Gasteiger partial charge in [-0.1, -0.05) is 29.8 Å². The number of benzene rings is 1. The molecular formula is C12H12F2O. The third-order valence-electron chi connectivity index (χ3n) is 2.62. The highest BCUT2D eigenvalue weighted by Crippen LogP contribution is 2.44. The first kappa shape index (κ1) is 10.3. The maximum absolute atomic E-state index is 12.3. The Balaban J connectivity index is 2.11. The lowest BCUT2D eigenvalue weighted by Gasteiger charge is -1.97. The minimum absolute atomic E-state index is 0.0422. The van der Waals surface area contributed by atoms with E-state index in [0.29, 0.717) is 0 Å². The topological polar surface area (TPSA) is 12.5 Å². The van der Waals surface area contributed by atoms with Crippen molar-refractivity contribution in [3.63, 3.8) is 0 Å². The molecule has 0 radical (unpaired) electrons. The van der Waals surface area contributed by atoms with E-state index in [4.69, 9.17) is 4.74 Å². The Morgan fingerprint density at radius 3 is 2.33 bits per heavy atom. The first-order chi connectivity index (χ1) is 7.09. The highest BCUT2D eigenvalue weighted by molar-refractivity contribution is 5.30. The van der Waals surface area contributed by atoms with Gasteiger partial charge in [-0.15, -0.1) is 0 Å². The van der Waals surface area contributed by atoms with Crippen LogP contribution in [0.1, 0.15) is 24.2 Å². The van der Waals surface area contributed by atoms with E-state index in [1.807, 2.05) is 31.2 Å². The summed E-state index contributed by atoms with van der Waals surface area (Å²) in [6, 6.07) is 7.75. The number of ether oxygens (including phenoxy) is 1. The Hall–Kier alpha value is -1.22. The van der Waals surface area contributed by atoms with Crippen LogP contribution in [0.15, 0.2) is 35.9 Å². The van der Waals surface area contributed by atoms with Crippen LogP contribution in [0.3, 0.4) is 0 Å². The molecule has 0 bridgehead atoms. The Morgan fingerprint density at radius 1 is 1.20 bits per heavy atom. The van der Waals surface area contributed by atoms with Gasteiger partial charge in [0.1, 0.15) is 12.2 Å². The van der Waals surface area contributed by atoms with Gasteiger partial charge in [0.25, 0.3) is 6.08 Å². The molecule has 0 aliphatic carbocycles. The van der Waals surface area contributed by atoms with E-state index in [2.05, 4.69) is 0 Å². The van der Waals surface area contributed by atoms with Gasteiger partial charge in [0.2, 0.25) is 0 Å². The minimum atomic E-state index is -1.63. The molecule has 0 unspecified atom stereocenters. The number of hydrogen-bond donors (Lipinski definition) is 0. The molecule has 3 heteroatoms. The maximum atomic E-state index is 12.3. The van der Waals surface area contributed by atoms with Crippen LogP contribution in [0.25, 0.3) is 0 Å². The molecule has 1 aromatic carbocycles. The van der Waals surface area contributed by atoms with Gasteiger partial charge >= 0.3 is 0 Å². The van der Waals surface area contributed by atoms with Gasteiger partial charge in [-0.2, -0.15) is 8.78 Å². The molecule has 15 heavy (non-hydrogen) atoms. The highest BCUT2D eigenvalue weighted by Gasteiger charge is 2.42. The second-order valence-electron chi connectivity index (χ2n) is 3.83. The molecule has 1 nitrogen and oxygen atoms in total. The van der Waals surface area contributed by atoms with Gasteiger partial charge in [0.15, 0.2) is 0 Å². The standard InChI is InChI=1S/C12H12F2O/c1-7-3-5-9(6-4-7)11-10(15-11)8(2)12(13)14/h3-6,10-11H,1-2H3/t10-,11-/m0/s1. The molecule has 0 N–H and O–H groups in total. The molecule has 0 saturated carbocycles. The van der Waals surface area contributed by atoms with Crippen molar-refractivity contribution in [2.24, 2.45) is 0 Å². The lowest BCUT2D eigenvalue weighted by Crippen LogP contribution is -1.92. The molecule has 1 aromatic rings. The predicted molar refractivity (Wildman–Crippen MR) is 53.7 cm³/mol. The fourth-order valence-electron chi connectivity index (χ4n) is 1.56. The molecule has 1 saturated heterocycles. The summed E-state index contributed by atoms with van der Waals surface area (Å²) in [6.45, 7) is 3.40. The summed E-state index contributed by atoms with van der Waals surface area (Å²) < 4.78 is 29.8. The lowest BCUT2D eigenvalue weighted by molar-refractivity contribution is 0.367. The fourth-order valence-corrected chi connectivity index (χ4v) is 1.56. The van der Waals surface area contributed by atoms with Crippen LogP contribution in [-0.2, 0) is 4.74 Å². The summed E-state index contributed by atoms with van der Waals surface area (Å²) in [4.78, 5) is 0. The van der Waals surface area contributed by atoms with Gasteiger partial charge in [-0.25, -0.2) is 0 Å². The average molecular weight is 210 g/mol. The number of halogens is 2. The zero-order chi connectivity index (χ0) is 11.0. The molecule has 1 fully saturated rings. The molecule has 1 aliphatic rings. The van der Waals surface area contributed by atoms with Gasteiger partial charge in [-0.3, -0.25) is 0 Å². The van der Waals surface area contributed by atoms with E-state index in [-0.39, 0.29) is 11.7 Å². The largest absolute Gasteiger partial charge is 0.360 e. The molecule has 0 aromatic heterocycles. The van der Waals surface area contributed by atoms with Gasteiger partial charge in [-0.05, 0) is 19.4 Å². The Morgan fingerprint density at radius 2 is 1.80 bits per heavy atom. The molecule has 2 atom stereocenters. The van der Waals surface area contributed by atoms with Crippen molar-refractivity contribution in [3.8, 4) is 0 Å². The average Bonchev–Trinajstić information content (AvgIpc) is 2.97. The lowest BCUT2D eigenvalue weighted by atomic mass is 10.1. The second-order valence-corrected chi connectivity index (χ2v) is 3.83. The van der Waals surface area contributed by atoms with E-state index < -0.39 is 12.2 Å². The zero-order valence-corrected chi connectivity index (χ0v) is 8.63. The monoisotopic (exact) mass is 210 g/mol. The SMILES string of the molecule is CC(=C(F)F)[C@@H]1O[C@H]1c1ccc(C)cc1. The molecule has 2 rings (SSSR count). The van der Waals surface area contributed by atoms with Gasteiger partial charge in [0, 0.05) is 5.57 Å². The minimum Gasteiger partial charge on any atom is -0.360 e. The van der Waals surface area contributed by atoms with Crippen LogP contribution >= 0.6 is 0 Å². The van der Waals surface area contributed by atoms with Crippen LogP contribution < -0.4 is 0 Å². The van der Waals surface area contributed by atoms with Gasteiger partial charge < -0.3 is 4.74 Å². The Kier molecular flexibility index (Phi) is 2.57. The summed E-state index contributed by atoms with van der Waals surface area (Å²) in [7, 11) is 0. The zero-order valence-electron chi connectivity index (χ0n) is 8.63. The molecule has 80 valence electrons. The van der Waals surface area contributed by atoms with Crippen LogP contribution in [0.4, 0.5) is 8.78 Å². The van der Waals surface area contributed by atoms with Crippen molar-refractivity contribution >= 4 is 0 Å². The highest BCUT2D eigenvalue weighted by atomic mass is 19.3. The number of epoxide rings is 1. The molecule has 1 heterocycles. The van der Waals surface area contributed by atoms with E-state index in [0.717, 1.165) is 11.1 Å². The van der Waals surface area contributed by atoms with Crippen molar-refractivity contribution in [1.29, 1.82) is 0 Å². The summed E-state index contributed by atoms with van der Waals surface area (Å²) >= 11 is 0. The number of aryl methyl sites for hydroxylation is 1. The van der Waals surface area contributed by atoms with Crippen molar-refractivity contribution in [1.82, 2.24) is 0 Å². The van der Waals surface area contributed by atoms with Crippen LogP contribution in [0, 0.1) is 6.92 Å². The van der Waals surface area contributed by atoms with Crippen molar-refractivity contribution in [2.45, 2.75) is 26.1 Å². The van der Waals surface area contributed by atoms with E-state index >= 15 is 0 Å². The molecule has 1 aliphatic heterocycles. The van der Waals surface area contributed by atoms with Crippen LogP contribution in [0.2, 0.25) is 0 Å². The summed E-state index contributed by atoms with van der Waals surface area (Å²) in [5, 5.41) is 0. The van der Waals surface area contributed by atoms with Crippen LogP contribution in [0.5, 0.6) is 0 Å². The fraction of sp³-hybridized carbons (Fsp3) is 0.333. The van der Waals surface area contributed by atoms with Crippen molar-refractivity contribution in [3.05, 3.63) is 47.0 Å². The van der Waals surface area contributed by atoms with Gasteiger partial charge in [0.05, 0.1) is 0 Å². The summed E-state index contributed by atoms with van der Waals surface area (Å²) in [5.41, 5.74) is 2.16. The summed E-state index contributed by atoms with van der Waals surface area (Å²) in [6.07, 6.45) is -2.25. The van der Waals surface area contributed by atoms with Crippen LogP contribution in [-0.4, -0.2) is 6.10 Å². The van der Waals surface area contributed by atoms with Crippen molar-refractivity contribution in [2.75, 3.05) is 0 Å². The quantitative estimate of drug-likeness (QED) is 0.679. The third-order valence-corrected chi connectivity index (χ3v) is 2.62. The first-order valence-electron chi connectivity index (χ1n) is 4.83. The molecule has 0 spiro atoms. The van der Waals surface area contributed by atoms with E-state index in [1.165, 1.54) is 6.92 Å². The summed E-state index contributed by atoms with van der Waals surface area (Å²) in [5.74, 6) is 0. The number of hydrogen-bond acceptors (Lipinski definition) is 1. The van der Waals surface area contributed by atoms with Crippen molar-refractivity contribution < 1.29 is 13.5 Å². The van der Waals surface area contributed by atoms with E-state index in [9.17, 15) is 8.78 Å². The second kappa shape index (κ2) is 3.74. The third kappa shape index (κ3) is 2.07. The molecule has 0 amide bonds. The number of rotatable bonds is 2. The first-order valence-corrected chi connectivity index (χ1v) is 4.83. The van der Waals surface area contributed by atoms with E-state index in [1.54, 1.807) is 0 Å².